The van der Waals surface area contributed by atoms with Gasteiger partial charge in [0.25, 0.3) is 5.91 Å². The predicted molar refractivity (Wildman–Crippen MR) is 221 cm³/mol. The van der Waals surface area contributed by atoms with Gasteiger partial charge < -0.3 is 20.6 Å². The third kappa shape index (κ3) is 7.48. The van der Waals surface area contributed by atoms with Crippen molar-refractivity contribution in [3.05, 3.63) is 81.0 Å². The molecule has 5 aromatic rings. The van der Waals surface area contributed by atoms with E-state index in [4.69, 9.17) is 4.98 Å². The molecule has 1 atom stereocenters. The molecule has 2 saturated heterocycles. The first-order valence-corrected chi connectivity index (χ1v) is 21.3. The first-order valence-electron chi connectivity index (χ1n) is 20.5. The molecule has 1 unspecified atom stereocenters. The number of nitrogens with zero attached hydrogens (tertiary/aromatic N) is 5. The number of fused-ring (bicyclic) bond motifs is 2. The van der Waals surface area contributed by atoms with Gasteiger partial charge in [-0.25, -0.2) is 14.8 Å². The average Bonchev–Trinajstić information content (AvgIpc) is 3.70. The predicted octanol–water partition coefficient (Wildman–Crippen LogP) is 6.67. The summed E-state index contributed by atoms with van der Waals surface area (Å²) in [7, 11) is 1.72. The number of likely N-dealkylation sites (tertiary alicyclic amines) is 1. The molecule has 4 fully saturated rings. The van der Waals surface area contributed by atoms with E-state index in [2.05, 4.69) is 25.8 Å². The van der Waals surface area contributed by atoms with Crippen LogP contribution in [0, 0.1) is 11.3 Å². The third-order valence-corrected chi connectivity index (χ3v) is 14.1. The smallest absolute Gasteiger partial charge is 0.386 e. The molecule has 2 aliphatic heterocycles. The van der Waals surface area contributed by atoms with Crippen molar-refractivity contribution in [2.45, 2.75) is 95.0 Å². The minimum atomic E-state index is -4.69. The Balaban J connectivity index is 0.786. The Hall–Kier alpha value is -5.13. The minimum Gasteiger partial charge on any atom is -0.386 e. The number of amides is 3. The fraction of sp³-hybridized carbons (Fsp3) is 0.488. The summed E-state index contributed by atoms with van der Waals surface area (Å²) >= 11 is 1.55. The number of nitrogens with one attached hydrogen (secondary N) is 3. The fourth-order valence-corrected chi connectivity index (χ4v) is 11.2. The van der Waals surface area contributed by atoms with E-state index in [0.717, 1.165) is 91.2 Å². The number of carbonyl (C=O) groups is 3. The molecule has 4 aliphatic rings. The van der Waals surface area contributed by atoms with Crippen molar-refractivity contribution in [2.75, 3.05) is 30.3 Å². The van der Waals surface area contributed by atoms with E-state index < -0.39 is 35.3 Å². The second kappa shape index (κ2) is 14.8. The maximum absolute atomic E-state index is 13.3. The van der Waals surface area contributed by atoms with Gasteiger partial charge in [0.2, 0.25) is 11.8 Å². The fourth-order valence-electron chi connectivity index (χ4n) is 10.0. The Morgan fingerprint density at radius 1 is 0.983 bits per heavy atom. The van der Waals surface area contributed by atoms with Crippen molar-refractivity contribution in [3.63, 3.8) is 0 Å². The number of alkyl halides is 3. The number of piperidine rings is 1. The van der Waals surface area contributed by atoms with Crippen molar-refractivity contribution in [3.8, 4) is 0 Å². The summed E-state index contributed by atoms with van der Waals surface area (Å²) in [6, 6.07) is 12.0. The maximum atomic E-state index is 13.3. The molecule has 5 heterocycles. The summed E-state index contributed by atoms with van der Waals surface area (Å²) in [6.07, 6.45) is 2.11. The molecule has 60 heavy (non-hydrogen) atoms. The van der Waals surface area contributed by atoms with Crippen molar-refractivity contribution >= 4 is 61.7 Å². The molecule has 9 rings (SSSR count). The minimum absolute atomic E-state index is 0.197. The number of halogens is 3. The number of thiazole rings is 1. The summed E-state index contributed by atoms with van der Waals surface area (Å²) in [5, 5.41) is 20.8. The molecule has 3 aromatic heterocycles. The lowest BCUT2D eigenvalue weighted by Gasteiger charge is -2.60. The normalized spacial score (nSPS) is 22.5. The van der Waals surface area contributed by atoms with E-state index in [-0.39, 0.29) is 29.8 Å². The van der Waals surface area contributed by atoms with Gasteiger partial charge in [0, 0.05) is 56.3 Å². The highest BCUT2D eigenvalue weighted by Crippen LogP contribution is 2.50. The number of pyridine rings is 1. The van der Waals surface area contributed by atoms with E-state index >= 15 is 0 Å². The lowest BCUT2D eigenvalue weighted by atomic mass is 9.60. The highest BCUT2D eigenvalue weighted by molar-refractivity contribution is 7.18. The number of aryl methyl sites for hydroxylation is 1. The van der Waals surface area contributed by atoms with Gasteiger partial charge in [0.1, 0.15) is 17.4 Å². The Morgan fingerprint density at radius 3 is 2.42 bits per heavy atom. The molecular weight excluding hydrogens is 798 g/mol. The zero-order valence-electron chi connectivity index (χ0n) is 33.6. The molecular formula is C43H47F3N8O5S. The van der Waals surface area contributed by atoms with Crippen molar-refractivity contribution < 1.29 is 32.7 Å². The lowest BCUT2D eigenvalue weighted by Crippen LogP contribution is -2.65. The van der Waals surface area contributed by atoms with Crippen LogP contribution in [0.5, 0.6) is 0 Å². The Morgan fingerprint density at radius 2 is 1.72 bits per heavy atom. The van der Waals surface area contributed by atoms with Crippen molar-refractivity contribution in [1.29, 1.82) is 0 Å². The van der Waals surface area contributed by atoms with Crippen molar-refractivity contribution in [1.82, 2.24) is 29.3 Å². The van der Waals surface area contributed by atoms with Gasteiger partial charge in [-0.2, -0.15) is 13.2 Å². The standard InChI is InChI=1S/C43H47F3N8O5S/c1-41(2,59)26-16-30-33(17-29(26)49-37(56)28-7-5-9-34(48-28)43(44,45)46)60-39(50-30)24-12-10-23(11-13-24)20-53-21-42(22-53)18-25(19-42)47-27-6-4-8-31-36(27)52(3)40(58)54(31)32-14-15-35(55)51-38(32)57/h4-9,16-17,23-25,32,47,59H,10-15,18-22H2,1-3H3,(H,49,56)(H,51,55,57)/t23-,24-,32?. The van der Waals surface area contributed by atoms with Gasteiger partial charge in [-0.3, -0.25) is 28.8 Å². The molecule has 17 heteroatoms. The first-order chi connectivity index (χ1) is 28.4. The monoisotopic (exact) mass is 844 g/mol. The van der Waals surface area contributed by atoms with Gasteiger partial charge >= 0.3 is 11.9 Å². The van der Waals surface area contributed by atoms with Gasteiger partial charge in [0.15, 0.2) is 0 Å². The van der Waals surface area contributed by atoms with Crippen LogP contribution in [0.2, 0.25) is 0 Å². The average molecular weight is 845 g/mol. The Bertz CT molecular complexity index is 2590. The number of carbonyl (C=O) groups excluding carboxylic acids is 3. The molecule has 2 aliphatic carbocycles. The number of benzene rings is 2. The topological polar surface area (TPSA) is 163 Å². The molecule has 13 nitrogen and oxygen atoms in total. The summed E-state index contributed by atoms with van der Waals surface area (Å²) in [4.78, 5) is 61.9. The van der Waals surface area contributed by atoms with Crippen LogP contribution < -0.4 is 21.6 Å². The van der Waals surface area contributed by atoms with E-state index in [1.54, 1.807) is 48.9 Å². The molecule has 316 valence electrons. The number of imide groups is 1. The lowest BCUT2D eigenvalue weighted by molar-refractivity contribution is -0.141. The van der Waals surface area contributed by atoms with Crippen LogP contribution in [-0.2, 0) is 28.4 Å². The summed E-state index contributed by atoms with van der Waals surface area (Å²) in [6.45, 7) is 6.38. The van der Waals surface area contributed by atoms with Crippen LogP contribution in [0.3, 0.4) is 0 Å². The van der Waals surface area contributed by atoms with Gasteiger partial charge in [-0.05, 0) is 107 Å². The Kier molecular flexibility index (Phi) is 9.94. The van der Waals surface area contributed by atoms with Crippen LogP contribution >= 0.6 is 11.3 Å². The molecule has 2 saturated carbocycles. The van der Waals surface area contributed by atoms with Gasteiger partial charge in [-0.15, -0.1) is 11.3 Å². The molecule has 3 amide bonds. The van der Waals surface area contributed by atoms with Gasteiger partial charge in [0.05, 0.1) is 37.5 Å². The van der Waals surface area contributed by atoms with E-state index in [1.165, 1.54) is 10.6 Å². The number of imidazole rings is 1. The number of aromatic nitrogens is 4. The Labute approximate surface area is 347 Å². The highest BCUT2D eigenvalue weighted by Gasteiger charge is 2.52. The maximum Gasteiger partial charge on any atom is 0.433 e. The van der Waals surface area contributed by atoms with Crippen LogP contribution in [0.1, 0.15) is 104 Å². The van der Waals surface area contributed by atoms with Crippen LogP contribution in [0.25, 0.3) is 21.3 Å². The summed E-state index contributed by atoms with van der Waals surface area (Å²) < 4.78 is 43.7. The number of anilines is 2. The summed E-state index contributed by atoms with van der Waals surface area (Å²) in [5.41, 5.74) is 0.835. The van der Waals surface area contributed by atoms with Gasteiger partial charge in [-0.1, -0.05) is 12.1 Å². The number of rotatable bonds is 9. The number of hydrogen-bond acceptors (Lipinski definition) is 10. The molecule has 2 aromatic carbocycles. The second-order valence-electron chi connectivity index (χ2n) is 17.8. The van der Waals surface area contributed by atoms with Crippen LogP contribution in [-0.4, -0.2) is 72.5 Å². The summed E-state index contributed by atoms with van der Waals surface area (Å²) in [5.74, 6) is -0.672. The number of aliphatic hydroxyl groups is 1. The van der Waals surface area contributed by atoms with Crippen molar-refractivity contribution in [2.24, 2.45) is 18.4 Å². The molecule has 1 spiro atoms. The van der Waals surface area contributed by atoms with Crippen LogP contribution in [0.4, 0.5) is 24.5 Å². The number of hydrogen-bond donors (Lipinski definition) is 4. The quantitative estimate of drug-likeness (QED) is 0.119. The SMILES string of the molecule is Cn1c(=O)n(C2CCC(=O)NC2=O)c2cccc(NC3CC4(C3)CN(C[C@H]3CC[C@H](c5nc6cc(C(C)(C)O)c(NC(=O)c7cccc(C(F)(F)F)n7)cc6s5)CC3)C4)c21. The van der Waals surface area contributed by atoms with E-state index in [1.807, 2.05) is 18.2 Å². The highest BCUT2D eigenvalue weighted by atomic mass is 32.1. The largest absolute Gasteiger partial charge is 0.433 e. The molecule has 4 N–H and O–H groups in total. The zero-order valence-corrected chi connectivity index (χ0v) is 34.4. The second-order valence-corrected chi connectivity index (χ2v) is 18.9. The first kappa shape index (κ1) is 40.3. The molecule has 0 radical (unpaired) electrons. The number of para-hydroxylation sites is 1. The zero-order chi connectivity index (χ0) is 42.3. The molecule has 0 bridgehead atoms. The third-order valence-electron chi connectivity index (χ3n) is 12.9. The van der Waals surface area contributed by atoms with E-state index in [0.29, 0.717) is 46.0 Å². The van der Waals surface area contributed by atoms with Crippen LogP contribution in [0.15, 0.2) is 53.3 Å². The van der Waals surface area contributed by atoms with E-state index in [9.17, 15) is 37.5 Å².